The lowest BCUT2D eigenvalue weighted by Crippen LogP contribution is -2.47. The molecule has 0 radical (unpaired) electrons. The van der Waals surface area contributed by atoms with Crippen LogP contribution in [0.4, 0.5) is 5.69 Å². The lowest BCUT2D eigenvalue weighted by molar-refractivity contribution is 0.179. The van der Waals surface area contributed by atoms with Crippen LogP contribution in [-0.2, 0) is 6.54 Å². The van der Waals surface area contributed by atoms with Crippen molar-refractivity contribution in [2.45, 2.75) is 13.5 Å². The van der Waals surface area contributed by atoms with E-state index in [1.54, 1.807) is 6.20 Å². The van der Waals surface area contributed by atoms with E-state index in [0.717, 1.165) is 26.2 Å². The van der Waals surface area contributed by atoms with E-state index in [0.29, 0.717) is 12.2 Å². The molecule has 0 aromatic carbocycles. The van der Waals surface area contributed by atoms with Crippen LogP contribution in [0.2, 0.25) is 5.02 Å². The van der Waals surface area contributed by atoms with Gasteiger partial charge in [-0.2, -0.15) is 5.10 Å². The van der Waals surface area contributed by atoms with E-state index < -0.39 is 0 Å². The Kier molecular flexibility index (Phi) is 4.21. The van der Waals surface area contributed by atoms with Crippen LogP contribution in [0, 0.1) is 0 Å². The predicted molar refractivity (Wildman–Crippen MR) is 71.9 cm³/mol. The fraction of sp³-hybridized carbons (Fsp3) is 0.636. The number of nitrogens with one attached hydrogen (secondary N) is 1. The quantitative estimate of drug-likeness (QED) is 0.867. The van der Waals surface area contributed by atoms with Crippen LogP contribution in [0.5, 0.6) is 0 Å². The second-order valence-electron chi connectivity index (χ2n) is 4.40. The van der Waals surface area contributed by atoms with Crippen molar-refractivity contribution < 1.29 is 0 Å². The molecule has 1 aliphatic heterocycles. The molecule has 0 atom stereocenters. The minimum atomic E-state index is -0.252. The minimum Gasteiger partial charge on any atom is -0.316 e. The third kappa shape index (κ3) is 2.82. The van der Waals surface area contributed by atoms with Gasteiger partial charge in [-0.1, -0.05) is 11.6 Å². The summed E-state index contributed by atoms with van der Waals surface area (Å²) in [4.78, 5) is 14.1. The zero-order valence-electron chi connectivity index (χ0n) is 10.7. The standard InChI is InChI=1S/C11H18ClN5O/c1-3-17-11(18)10(12)9(8-13-17)14-16-6-4-15(2)5-7-16/h8,14H,3-7H2,1-2H3. The molecule has 0 spiro atoms. The number of likely N-dealkylation sites (N-methyl/N-ethyl adjacent to an activating group) is 1. The molecule has 0 aliphatic carbocycles. The third-order valence-corrected chi connectivity index (χ3v) is 3.43. The van der Waals surface area contributed by atoms with Crippen molar-refractivity contribution in [3.05, 3.63) is 21.6 Å². The van der Waals surface area contributed by atoms with Crippen molar-refractivity contribution in [3.63, 3.8) is 0 Å². The lowest BCUT2D eigenvalue weighted by Gasteiger charge is -2.33. The largest absolute Gasteiger partial charge is 0.316 e. The smallest absolute Gasteiger partial charge is 0.287 e. The number of hydrazine groups is 1. The summed E-state index contributed by atoms with van der Waals surface area (Å²) >= 11 is 6.05. The molecular formula is C11H18ClN5O. The van der Waals surface area contributed by atoms with Crippen LogP contribution < -0.4 is 11.0 Å². The van der Waals surface area contributed by atoms with Gasteiger partial charge in [-0.15, -0.1) is 0 Å². The SMILES string of the molecule is CCn1ncc(NN2CCN(C)CC2)c(Cl)c1=O. The first-order valence-electron chi connectivity index (χ1n) is 6.07. The highest BCUT2D eigenvalue weighted by molar-refractivity contribution is 6.32. The molecule has 1 fully saturated rings. The maximum Gasteiger partial charge on any atom is 0.287 e. The highest BCUT2D eigenvalue weighted by Crippen LogP contribution is 2.16. The Labute approximate surface area is 111 Å². The van der Waals surface area contributed by atoms with Crippen molar-refractivity contribution in [1.29, 1.82) is 0 Å². The maximum absolute atomic E-state index is 11.8. The molecular weight excluding hydrogens is 254 g/mol. The molecule has 1 aromatic heterocycles. The zero-order valence-corrected chi connectivity index (χ0v) is 11.4. The number of hydrogen-bond donors (Lipinski definition) is 1. The van der Waals surface area contributed by atoms with Crippen LogP contribution in [0.1, 0.15) is 6.92 Å². The Morgan fingerprint density at radius 1 is 1.39 bits per heavy atom. The molecule has 7 heteroatoms. The van der Waals surface area contributed by atoms with Gasteiger partial charge in [0, 0.05) is 32.7 Å². The summed E-state index contributed by atoms with van der Waals surface area (Å²) < 4.78 is 1.34. The van der Waals surface area contributed by atoms with Crippen LogP contribution in [0.25, 0.3) is 0 Å². The second kappa shape index (κ2) is 5.69. The molecule has 0 amide bonds. The van der Waals surface area contributed by atoms with Gasteiger partial charge < -0.3 is 10.3 Å². The number of hydrogen-bond acceptors (Lipinski definition) is 5. The van der Waals surface area contributed by atoms with Gasteiger partial charge in [-0.25, -0.2) is 9.69 Å². The summed E-state index contributed by atoms with van der Waals surface area (Å²) in [6.45, 7) is 6.15. The first-order valence-corrected chi connectivity index (χ1v) is 6.45. The lowest BCUT2D eigenvalue weighted by atomic mass is 10.4. The fourth-order valence-electron chi connectivity index (χ4n) is 1.86. The minimum absolute atomic E-state index is 0.200. The van der Waals surface area contributed by atoms with E-state index in [2.05, 4.69) is 27.5 Å². The number of rotatable bonds is 3. The van der Waals surface area contributed by atoms with Gasteiger partial charge in [0.15, 0.2) is 0 Å². The zero-order chi connectivity index (χ0) is 13.1. The van der Waals surface area contributed by atoms with Crippen LogP contribution in [0.3, 0.4) is 0 Å². The molecule has 0 saturated carbocycles. The van der Waals surface area contributed by atoms with Gasteiger partial charge in [0.1, 0.15) is 5.02 Å². The number of aryl methyl sites for hydroxylation is 1. The average molecular weight is 272 g/mol. The molecule has 1 aliphatic rings. The molecule has 1 aromatic rings. The third-order valence-electron chi connectivity index (χ3n) is 3.07. The van der Waals surface area contributed by atoms with Crippen LogP contribution >= 0.6 is 11.6 Å². The van der Waals surface area contributed by atoms with Crippen molar-refractivity contribution in [1.82, 2.24) is 19.7 Å². The Bertz CT molecular complexity index is 467. The molecule has 0 unspecified atom stereocenters. The van der Waals surface area contributed by atoms with Gasteiger partial charge in [0.05, 0.1) is 11.9 Å². The van der Waals surface area contributed by atoms with Crippen molar-refractivity contribution in [2.24, 2.45) is 0 Å². The number of piperazine rings is 1. The normalized spacial score (nSPS) is 17.9. The van der Waals surface area contributed by atoms with E-state index in [1.165, 1.54) is 4.68 Å². The first-order chi connectivity index (χ1) is 8.61. The number of aromatic nitrogens is 2. The summed E-state index contributed by atoms with van der Waals surface area (Å²) in [5.74, 6) is 0. The van der Waals surface area contributed by atoms with Gasteiger partial charge in [0.25, 0.3) is 5.56 Å². The van der Waals surface area contributed by atoms with E-state index in [-0.39, 0.29) is 10.6 Å². The topological polar surface area (TPSA) is 53.4 Å². The van der Waals surface area contributed by atoms with E-state index in [4.69, 9.17) is 11.6 Å². The Morgan fingerprint density at radius 2 is 2.06 bits per heavy atom. The molecule has 0 bridgehead atoms. The Morgan fingerprint density at radius 3 is 2.67 bits per heavy atom. The second-order valence-corrected chi connectivity index (χ2v) is 4.77. The Hall–Kier alpha value is -1.11. The van der Waals surface area contributed by atoms with E-state index in [9.17, 15) is 4.79 Å². The van der Waals surface area contributed by atoms with Gasteiger partial charge in [-0.3, -0.25) is 4.79 Å². The molecule has 18 heavy (non-hydrogen) atoms. The van der Waals surface area contributed by atoms with Gasteiger partial charge in [0.2, 0.25) is 0 Å². The number of anilines is 1. The summed E-state index contributed by atoms with van der Waals surface area (Å²) in [7, 11) is 2.09. The Balaban J connectivity index is 2.10. The molecule has 1 saturated heterocycles. The molecule has 2 heterocycles. The highest BCUT2D eigenvalue weighted by atomic mass is 35.5. The van der Waals surface area contributed by atoms with E-state index >= 15 is 0 Å². The first kappa shape index (κ1) is 13.3. The molecule has 100 valence electrons. The van der Waals surface area contributed by atoms with Gasteiger partial charge in [-0.05, 0) is 14.0 Å². The van der Waals surface area contributed by atoms with Crippen molar-refractivity contribution in [3.8, 4) is 0 Å². The fourth-order valence-corrected chi connectivity index (χ4v) is 2.05. The summed E-state index contributed by atoms with van der Waals surface area (Å²) in [5.41, 5.74) is 3.49. The molecule has 2 rings (SSSR count). The van der Waals surface area contributed by atoms with E-state index in [1.807, 2.05) is 6.92 Å². The molecule has 1 N–H and O–H groups in total. The average Bonchev–Trinajstić information content (AvgIpc) is 2.38. The highest BCUT2D eigenvalue weighted by Gasteiger charge is 2.16. The molecule has 6 nitrogen and oxygen atoms in total. The summed E-state index contributed by atoms with van der Waals surface area (Å²) in [5, 5.41) is 6.31. The number of nitrogens with zero attached hydrogens (tertiary/aromatic N) is 4. The van der Waals surface area contributed by atoms with Gasteiger partial charge >= 0.3 is 0 Å². The van der Waals surface area contributed by atoms with Crippen molar-refractivity contribution in [2.75, 3.05) is 38.7 Å². The summed E-state index contributed by atoms with van der Waals surface area (Å²) in [6.07, 6.45) is 1.60. The predicted octanol–water partition coefficient (Wildman–Crippen LogP) is 0.491. The monoisotopic (exact) mass is 271 g/mol. The maximum atomic E-state index is 11.8. The van der Waals surface area contributed by atoms with Crippen LogP contribution in [-0.4, -0.2) is 52.9 Å². The van der Waals surface area contributed by atoms with Crippen LogP contribution in [0.15, 0.2) is 11.0 Å². The van der Waals surface area contributed by atoms with Crippen molar-refractivity contribution >= 4 is 17.3 Å². The summed E-state index contributed by atoms with van der Waals surface area (Å²) in [6, 6.07) is 0. The number of halogens is 1.